The second-order valence-electron chi connectivity index (χ2n) is 4.55. The van der Waals surface area contributed by atoms with Crippen LogP contribution in [0.1, 0.15) is 0 Å². The molecule has 2 aromatic carbocycles. The summed E-state index contributed by atoms with van der Waals surface area (Å²) in [6.45, 7) is 0. The summed E-state index contributed by atoms with van der Waals surface area (Å²) in [6, 6.07) is 23.6. The zero-order valence-corrected chi connectivity index (χ0v) is 11.0. The van der Waals surface area contributed by atoms with Crippen LogP contribution in [0.2, 0.25) is 0 Å². The third kappa shape index (κ3) is 1.74. The Hall–Kier alpha value is -2.12. The molecule has 0 saturated carbocycles. The Morgan fingerprint density at radius 1 is 0.632 bits per heavy atom. The van der Waals surface area contributed by atoms with Gasteiger partial charge in [0.2, 0.25) is 11.0 Å². The number of aromatic nitrogens is 1. The summed E-state index contributed by atoms with van der Waals surface area (Å²) in [5.74, 6) is 0. The van der Waals surface area contributed by atoms with Crippen LogP contribution in [-0.2, 0) is 0 Å². The van der Waals surface area contributed by atoms with E-state index in [-0.39, 0.29) is 12.4 Å². The second kappa shape index (κ2) is 4.52. The largest absolute Gasteiger partial charge is 1.00 e. The normalized spacial score (nSPS) is 10.7. The molecule has 2 heteroatoms. The molecule has 1 nitrogen and oxygen atoms in total. The van der Waals surface area contributed by atoms with Gasteiger partial charge < -0.3 is 12.4 Å². The van der Waals surface area contributed by atoms with Gasteiger partial charge in [-0.1, -0.05) is 24.3 Å². The van der Waals surface area contributed by atoms with Gasteiger partial charge in [-0.3, -0.25) is 0 Å². The lowest BCUT2D eigenvalue weighted by Gasteiger charge is -2.01. The molecule has 0 unspecified atom stereocenters. The molecule has 0 fully saturated rings. The summed E-state index contributed by atoms with van der Waals surface area (Å²) >= 11 is 0. The van der Waals surface area contributed by atoms with Crippen molar-refractivity contribution in [3.05, 3.63) is 72.9 Å². The lowest BCUT2D eigenvalue weighted by atomic mass is 10.0. The third-order valence-electron chi connectivity index (χ3n) is 3.52. The number of hydrogen-bond acceptors (Lipinski definition) is 0. The fourth-order valence-corrected chi connectivity index (χ4v) is 2.65. The van der Waals surface area contributed by atoms with E-state index in [1.807, 2.05) is 0 Å². The maximum atomic E-state index is 2.24. The molecule has 0 aliphatic rings. The van der Waals surface area contributed by atoms with Gasteiger partial charge in [0, 0.05) is 24.3 Å². The van der Waals surface area contributed by atoms with E-state index >= 15 is 0 Å². The standard InChI is InChI=1S/C17H12N.ClH/c1-2-7-15-13(5-1)8-11-17-16(15)10-9-14-6-3-4-12-18(14)17;/h1-12H;1H/q+1;/p-1. The van der Waals surface area contributed by atoms with Crippen LogP contribution in [0, 0.1) is 0 Å². The molecule has 2 heterocycles. The van der Waals surface area contributed by atoms with Gasteiger partial charge in [-0.25, -0.2) is 0 Å². The predicted molar refractivity (Wildman–Crippen MR) is 74.6 cm³/mol. The highest BCUT2D eigenvalue weighted by Crippen LogP contribution is 2.23. The summed E-state index contributed by atoms with van der Waals surface area (Å²) in [4.78, 5) is 0. The van der Waals surface area contributed by atoms with E-state index in [1.54, 1.807) is 0 Å². The maximum absolute atomic E-state index is 2.24. The Kier molecular flexibility index (Phi) is 2.84. The minimum Gasteiger partial charge on any atom is -1.00 e. The third-order valence-corrected chi connectivity index (χ3v) is 3.52. The van der Waals surface area contributed by atoms with Crippen molar-refractivity contribution in [2.24, 2.45) is 0 Å². The average Bonchev–Trinajstić information content (AvgIpc) is 2.46. The number of fused-ring (bicyclic) bond motifs is 5. The molecule has 0 amide bonds. The van der Waals surface area contributed by atoms with Crippen LogP contribution in [0.15, 0.2) is 72.9 Å². The second-order valence-corrected chi connectivity index (χ2v) is 4.55. The molecule has 0 bridgehead atoms. The van der Waals surface area contributed by atoms with E-state index in [1.165, 1.54) is 27.2 Å². The first-order chi connectivity index (χ1) is 8.93. The maximum Gasteiger partial charge on any atom is 0.219 e. The molecule has 92 valence electrons. The van der Waals surface area contributed by atoms with Crippen LogP contribution < -0.4 is 16.8 Å². The van der Waals surface area contributed by atoms with Crippen molar-refractivity contribution < 1.29 is 16.8 Å². The highest BCUT2D eigenvalue weighted by Gasteiger charge is 2.09. The quantitative estimate of drug-likeness (QED) is 0.326. The smallest absolute Gasteiger partial charge is 0.219 e. The van der Waals surface area contributed by atoms with Crippen LogP contribution in [0.5, 0.6) is 0 Å². The van der Waals surface area contributed by atoms with Gasteiger partial charge in [-0.05, 0) is 29.0 Å². The van der Waals surface area contributed by atoms with Crippen molar-refractivity contribution in [1.82, 2.24) is 0 Å². The van der Waals surface area contributed by atoms with Gasteiger partial charge in [-0.15, -0.1) is 0 Å². The number of hydrogen-bond donors (Lipinski definition) is 0. The summed E-state index contributed by atoms with van der Waals surface area (Å²) in [7, 11) is 0. The SMILES string of the molecule is [Cl-].c1ccc2c(c1)ccc1c2ccc2cccc[n+]21. The number of benzene rings is 2. The molecule has 0 radical (unpaired) electrons. The van der Waals surface area contributed by atoms with E-state index in [9.17, 15) is 0 Å². The molecule has 0 atom stereocenters. The number of rotatable bonds is 0. The zero-order chi connectivity index (χ0) is 11.9. The highest BCUT2D eigenvalue weighted by molar-refractivity contribution is 6.05. The Bertz CT molecular complexity index is 808. The fraction of sp³-hybridized carbons (Fsp3) is 0. The van der Waals surface area contributed by atoms with Crippen LogP contribution >= 0.6 is 0 Å². The van der Waals surface area contributed by atoms with E-state index in [4.69, 9.17) is 0 Å². The van der Waals surface area contributed by atoms with Gasteiger partial charge in [0.25, 0.3) is 0 Å². The summed E-state index contributed by atoms with van der Waals surface area (Å²) in [5, 5.41) is 3.91. The molecule has 2 aromatic heterocycles. The van der Waals surface area contributed by atoms with Crippen molar-refractivity contribution in [2.75, 3.05) is 0 Å². The molecule has 4 rings (SSSR count). The first-order valence-corrected chi connectivity index (χ1v) is 6.14. The van der Waals surface area contributed by atoms with E-state index < -0.39 is 0 Å². The Morgan fingerprint density at radius 2 is 1.47 bits per heavy atom. The van der Waals surface area contributed by atoms with Crippen LogP contribution in [0.25, 0.3) is 27.2 Å². The van der Waals surface area contributed by atoms with E-state index in [2.05, 4.69) is 77.3 Å². The summed E-state index contributed by atoms with van der Waals surface area (Å²) in [6.07, 6.45) is 2.12. The summed E-state index contributed by atoms with van der Waals surface area (Å²) in [5.41, 5.74) is 2.48. The number of halogens is 1. The van der Waals surface area contributed by atoms with Crippen molar-refractivity contribution in [3.63, 3.8) is 0 Å². The number of pyridine rings is 2. The minimum atomic E-state index is 0. The van der Waals surface area contributed by atoms with Crippen molar-refractivity contribution in [2.45, 2.75) is 0 Å². The Labute approximate surface area is 117 Å². The average molecular weight is 266 g/mol. The Balaban J connectivity index is 0.00000110. The molecule has 0 aliphatic carbocycles. The first-order valence-electron chi connectivity index (χ1n) is 6.14. The molecular formula is C17H12ClN. The van der Waals surface area contributed by atoms with Gasteiger partial charge in [-0.2, -0.15) is 4.40 Å². The van der Waals surface area contributed by atoms with Crippen LogP contribution in [0.3, 0.4) is 0 Å². The van der Waals surface area contributed by atoms with E-state index in [0.29, 0.717) is 0 Å². The van der Waals surface area contributed by atoms with Crippen molar-refractivity contribution in [3.8, 4) is 0 Å². The Morgan fingerprint density at radius 3 is 2.42 bits per heavy atom. The molecule has 0 spiro atoms. The van der Waals surface area contributed by atoms with E-state index in [0.717, 1.165) is 0 Å². The molecule has 19 heavy (non-hydrogen) atoms. The van der Waals surface area contributed by atoms with Crippen molar-refractivity contribution in [1.29, 1.82) is 0 Å². The van der Waals surface area contributed by atoms with Crippen LogP contribution in [-0.4, -0.2) is 0 Å². The van der Waals surface area contributed by atoms with Gasteiger partial charge >= 0.3 is 0 Å². The van der Waals surface area contributed by atoms with Gasteiger partial charge in [0.15, 0.2) is 6.20 Å². The van der Waals surface area contributed by atoms with Gasteiger partial charge in [0.1, 0.15) is 0 Å². The monoisotopic (exact) mass is 265 g/mol. The summed E-state index contributed by atoms with van der Waals surface area (Å²) < 4.78 is 2.24. The lowest BCUT2D eigenvalue weighted by molar-refractivity contribution is -0.481. The highest BCUT2D eigenvalue weighted by atomic mass is 35.5. The predicted octanol–water partition coefficient (Wildman–Crippen LogP) is 0.736. The first kappa shape index (κ1) is 11.9. The van der Waals surface area contributed by atoms with Crippen molar-refractivity contribution >= 4 is 27.2 Å². The minimum absolute atomic E-state index is 0. The fourth-order valence-electron chi connectivity index (χ4n) is 2.65. The zero-order valence-electron chi connectivity index (χ0n) is 10.3. The molecule has 4 aromatic rings. The lowest BCUT2D eigenvalue weighted by Crippen LogP contribution is -3.00. The number of nitrogens with zero attached hydrogens (tertiary/aromatic N) is 1. The van der Waals surface area contributed by atoms with Gasteiger partial charge in [0.05, 0.1) is 5.39 Å². The van der Waals surface area contributed by atoms with Crippen LogP contribution in [0.4, 0.5) is 0 Å². The molecule has 0 saturated heterocycles. The topological polar surface area (TPSA) is 4.10 Å². The molecular weight excluding hydrogens is 254 g/mol. The molecule has 0 N–H and O–H groups in total. The molecule has 0 aliphatic heterocycles.